The Hall–Kier alpha value is -1.92. The average Bonchev–Trinajstić information content (AvgIpc) is 3.14. The normalized spacial score (nSPS) is 16.7. The van der Waals surface area contributed by atoms with Crippen LogP contribution in [0.5, 0.6) is 0 Å². The van der Waals surface area contributed by atoms with Gasteiger partial charge in [-0.1, -0.05) is 0 Å². The Kier molecular flexibility index (Phi) is 5.96. The van der Waals surface area contributed by atoms with Crippen molar-refractivity contribution in [3.05, 3.63) is 47.0 Å². The van der Waals surface area contributed by atoms with E-state index >= 15 is 0 Å². The molecule has 1 saturated heterocycles. The molecule has 0 aliphatic carbocycles. The molecule has 1 aromatic carbocycles. The monoisotopic (exact) mass is 352 g/mol. The summed E-state index contributed by atoms with van der Waals surface area (Å²) in [7, 11) is 0. The molecule has 2 aromatic rings. The summed E-state index contributed by atoms with van der Waals surface area (Å²) in [6, 6.07) is 6.69. The zero-order valence-electron chi connectivity index (χ0n) is 13.8. The van der Waals surface area contributed by atoms with Gasteiger partial charge in [-0.15, -0.1) is 12.4 Å². The number of nitrogens with zero attached hydrogens (tertiary/aromatic N) is 2. The van der Waals surface area contributed by atoms with E-state index < -0.39 is 5.82 Å². The Bertz CT molecular complexity index is 725. The minimum absolute atomic E-state index is 0. The smallest absolute Gasteiger partial charge is 0.251 e. The Balaban J connectivity index is 0.00000208. The van der Waals surface area contributed by atoms with Crippen LogP contribution in [0.3, 0.4) is 0 Å². The molecule has 1 aromatic heterocycles. The van der Waals surface area contributed by atoms with Gasteiger partial charge in [-0.2, -0.15) is 5.10 Å². The van der Waals surface area contributed by atoms with Crippen molar-refractivity contribution in [3.63, 3.8) is 0 Å². The second-order valence-corrected chi connectivity index (χ2v) is 6.01. The maximum atomic E-state index is 14.4. The van der Waals surface area contributed by atoms with E-state index in [1.165, 1.54) is 6.07 Å². The lowest BCUT2D eigenvalue weighted by molar-refractivity contribution is 0.0950. The molecule has 1 fully saturated rings. The molecule has 24 heavy (non-hydrogen) atoms. The average molecular weight is 353 g/mol. The van der Waals surface area contributed by atoms with Gasteiger partial charge in [-0.25, -0.2) is 9.07 Å². The van der Waals surface area contributed by atoms with Crippen LogP contribution in [0.25, 0.3) is 5.69 Å². The molecular formula is C17H22ClFN4O. The van der Waals surface area contributed by atoms with E-state index in [9.17, 15) is 9.18 Å². The minimum Gasteiger partial charge on any atom is -0.350 e. The van der Waals surface area contributed by atoms with E-state index in [1.807, 2.05) is 19.9 Å². The maximum absolute atomic E-state index is 14.4. The van der Waals surface area contributed by atoms with Gasteiger partial charge in [0, 0.05) is 23.8 Å². The van der Waals surface area contributed by atoms with Crippen molar-refractivity contribution in [2.24, 2.45) is 0 Å². The molecule has 1 amide bonds. The van der Waals surface area contributed by atoms with E-state index in [4.69, 9.17) is 0 Å². The number of nitrogens with one attached hydrogen (secondary N) is 2. The first kappa shape index (κ1) is 18.4. The van der Waals surface area contributed by atoms with Gasteiger partial charge in [0.2, 0.25) is 0 Å². The van der Waals surface area contributed by atoms with Gasteiger partial charge in [-0.3, -0.25) is 4.79 Å². The van der Waals surface area contributed by atoms with E-state index in [1.54, 1.807) is 16.8 Å². The maximum Gasteiger partial charge on any atom is 0.251 e. The standard InChI is InChI=1S/C17H21FN4O.ClH/c1-11-8-12(2)22(21-11)16-6-5-13(9-15(16)18)17(23)20-10-14-4-3-7-19-14;/h5-6,8-9,14,19H,3-4,7,10H2,1-2H3,(H,20,23);1H. The zero-order valence-corrected chi connectivity index (χ0v) is 14.6. The van der Waals surface area contributed by atoms with Crippen LogP contribution < -0.4 is 10.6 Å². The second kappa shape index (κ2) is 7.77. The molecule has 7 heteroatoms. The molecule has 0 spiro atoms. The lowest BCUT2D eigenvalue weighted by Crippen LogP contribution is -2.37. The number of carbonyl (C=O) groups is 1. The van der Waals surface area contributed by atoms with Crippen molar-refractivity contribution in [2.75, 3.05) is 13.1 Å². The highest BCUT2D eigenvalue weighted by Gasteiger charge is 2.17. The molecule has 2 heterocycles. The fourth-order valence-corrected chi connectivity index (χ4v) is 2.94. The summed E-state index contributed by atoms with van der Waals surface area (Å²) < 4.78 is 15.9. The lowest BCUT2D eigenvalue weighted by atomic mass is 10.1. The number of aromatic nitrogens is 2. The number of aryl methyl sites for hydroxylation is 2. The molecule has 1 aliphatic rings. The third-order valence-electron chi connectivity index (χ3n) is 4.12. The van der Waals surface area contributed by atoms with Crippen molar-refractivity contribution < 1.29 is 9.18 Å². The van der Waals surface area contributed by atoms with E-state index in [0.29, 0.717) is 23.8 Å². The first-order valence-corrected chi connectivity index (χ1v) is 7.89. The first-order chi connectivity index (χ1) is 11.0. The van der Waals surface area contributed by atoms with Crippen molar-refractivity contribution in [2.45, 2.75) is 32.7 Å². The van der Waals surface area contributed by atoms with Gasteiger partial charge in [0.25, 0.3) is 5.91 Å². The highest BCUT2D eigenvalue weighted by Crippen LogP contribution is 2.17. The SMILES string of the molecule is Cc1cc(C)n(-c2ccc(C(=O)NCC3CCCN3)cc2F)n1.Cl. The summed E-state index contributed by atoms with van der Waals surface area (Å²) in [5, 5.41) is 10.4. The van der Waals surface area contributed by atoms with Gasteiger partial charge in [0.05, 0.1) is 5.69 Å². The number of carbonyl (C=O) groups excluding carboxylic acids is 1. The zero-order chi connectivity index (χ0) is 16.4. The Morgan fingerprint density at radius 2 is 2.21 bits per heavy atom. The molecule has 0 radical (unpaired) electrons. The molecule has 0 saturated carbocycles. The highest BCUT2D eigenvalue weighted by molar-refractivity contribution is 5.94. The molecule has 2 N–H and O–H groups in total. The van der Waals surface area contributed by atoms with Crippen molar-refractivity contribution in [3.8, 4) is 5.69 Å². The van der Waals surface area contributed by atoms with Gasteiger partial charge in [-0.05, 0) is 57.5 Å². The molecule has 130 valence electrons. The van der Waals surface area contributed by atoms with E-state index in [-0.39, 0.29) is 18.3 Å². The van der Waals surface area contributed by atoms with Gasteiger partial charge >= 0.3 is 0 Å². The third kappa shape index (κ3) is 3.94. The van der Waals surface area contributed by atoms with Crippen LogP contribution in [-0.4, -0.2) is 34.8 Å². The van der Waals surface area contributed by atoms with Crippen LogP contribution in [-0.2, 0) is 0 Å². The number of halogens is 2. The fraction of sp³-hybridized carbons (Fsp3) is 0.412. The number of hydrogen-bond donors (Lipinski definition) is 2. The van der Waals surface area contributed by atoms with Gasteiger partial charge in [0.15, 0.2) is 0 Å². The number of amides is 1. The topological polar surface area (TPSA) is 59.0 Å². The summed E-state index contributed by atoms with van der Waals surface area (Å²) in [6.45, 7) is 5.29. The van der Waals surface area contributed by atoms with Gasteiger partial charge < -0.3 is 10.6 Å². The second-order valence-electron chi connectivity index (χ2n) is 6.01. The van der Waals surface area contributed by atoms with Crippen LogP contribution in [0.1, 0.15) is 34.6 Å². The van der Waals surface area contributed by atoms with Gasteiger partial charge in [0.1, 0.15) is 11.5 Å². The van der Waals surface area contributed by atoms with Crippen molar-refractivity contribution in [1.29, 1.82) is 0 Å². The van der Waals surface area contributed by atoms with Crippen molar-refractivity contribution >= 4 is 18.3 Å². The number of rotatable bonds is 4. The first-order valence-electron chi connectivity index (χ1n) is 7.89. The molecule has 1 aliphatic heterocycles. The molecule has 1 atom stereocenters. The Morgan fingerprint density at radius 1 is 1.42 bits per heavy atom. The Morgan fingerprint density at radius 3 is 2.79 bits per heavy atom. The predicted octanol–water partition coefficient (Wildman–Crippen LogP) is 2.53. The molecule has 0 bridgehead atoms. The quantitative estimate of drug-likeness (QED) is 0.889. The summed E-state index contributed by atoms with van der Waals surface area (Å²) in [5.74, 6) is -0.708. The molecule has 1 unspecified atom stereocenters. The highest BCUT2D eigenvalue weighted by atomic mass is 35.5. The third-order valence-corrected chi connectivity index (χ3v) is 4.12. The Labute approximate surface area is 147 Å². The fourth-order valence-electron chi connectivity index (χ4n) is 2.94. The van der Waals surface area contributed by atoms with Crippen LogP contribution in [0.15, 0.2) is 24.3 Å². The summed E-state index contributed by atoms with van der Waals surface area (Å²) >= 11 is 0. The number of hydrogen-bond acceptors (Lipinski definition) is 3. The van der Waals surface area contributed by atoms with Crippen molar-refractivity contribution in [1.82, 2.24) is 20.4 Å². The lowest BCUT2D eigenvalue weighted by Gasteiger charge is -2.12. The largest absolute Gasteiger partial charge is 0.350 e. The van der Waals surface area contributed by atoms with Crippen LogP contribution in [0, 0.1) is 19.7 Å². The van der Waals surface area contributed by atoms with Crippen LogP contribution in [0.4, 0.5) is 4.39 Å². The van der Waals surface area contributed by atoms with E-state index in [0.717, 1.165) is 30.8 Å². The molecular weight excluding hydrogens is 331 g/mol. The summed E-state index contributed by atoms with van der Waals surface area (Å²) in [5.41, 5.74) is 2.36. The van der Waals surface area contributed by atoms with Crippen LogP contribution in [0.2, 0.25) is 0 Å². The minimum atomic E-state index is -0.456. The summed E-state index contributed by atoms with van der Waals surface area (Å²) in [6.07, 6.45) is 2.19. The van der Waals surface area contributed by atoms with Crippen LogP contribution >= 0.6 is 12.4 Å². The van der Waals surface area contributed by atoms with E-state index in [2.05, 4.69) is 15.7 Å². The predicted molar refractivity (Wildman–Crippen MR) is 93.6 cm³/mol. The molecule has 3 rings (SSSR count). The number of benzene rings is 1. The molecule has 5 nitrogen and oxygen atoms in total. The summed E-state index contributed by atoms with van der Waals surface area (Å²) in [4.78, 5) is 12.1.